The molecule has 0 aromatic heterocycles. The summed E-state index contributed by atoms with van der Waals surface area (Å²) in [5.74, 6) is 1.05. The Balaban J connectivity index is 1.40. The van der Waals surface area contributed by atoms with Crippen molar-refractivity contribution in [3.05, 3.63) is 64.2 Å². The van der Waals surface area contributed by atoms with Crippen molar-refractivity contribution in [2.24, 2.45) is 0 Å². The minimum absolute atomic E-state index is 0.313. The summed E-state index contributed by atoms with van der Waals surface area (Å²) in [5, 5.41) is 29.7. The van der Waals surface area contributed by atoms with Crippen LogP contribution in [0.3, 0.4) is 0 Å². The van der Waals surface area contributed by atoms with Gasteiger partial charge in [-0.3, -0.25) is 0 Å². The third kappa shape index (κ3) is 3.54. The van der Waals surface area contributed by atoms with Gasteiger partial charge in [-0.1, -0.05) is 30.3 Å². The van der Waals surface area contributed by atoms with Crippen LogP contribution >= 0.6 is 0 Å². The zero-order chi connectivity index (χ0) is 20.9. The standard InChI is InChI=1S/C25H30O5/c1-15-2-4-17(22-13-20(27)24(28)23(14-26)30-22)12-18(15)10-16-3-5-21-19(11-16)25(6-7-25)8-9-29-21/h2-5,11-12,20,22-24,26-28H,6-10,13-14H2,1H3. The lowest BCUT2D eigenvalue weighted by Gasteiger charge is -2.36. The van der Waals surface area contributed by atoms with E-state index in [0.29, 0.717) is 11.8 Å². The van der Waals surface area contributed by atoms with E-state index in [1.807, 2.05) is 6.07 Å². The highest BCUT2D eigenvalue weighted by atomic mass is 16.5. The van der Waals surface area contributed by atoms with Gasteiger partial charge in [0.15, 0.2) is 0 Å². The van der Waals surface area contributed by atoms with Gasteiger partial charge in [-0.15, -0.1) is 0 Å². The molecule has 0 bridgehead atoms. The highest BCUT2D eigenvalue weighted by molar-refractivity contribution is 5.48. The van der Waals surface area contributed by atoms with Crippen molar-refractivity contribution in [2.75, 3.05) is 13.2 Å². The van der Waals surface area contributed by atoms with Gasteiger partial charge in [0.05, 0.1) is 25.4 Å². The van der Waals surface area contributed by atoms with Crippen LogP contribution in [0.4, 0.5) is 0 Å². The summed E-state index contributed by atoms with van der Waals surface area (Å²) < 4.78 is 11.8. The van der Waals surface area contributed by atoms with Crippen molar-refractivity contribution >= 4 is 0 Å². The van der Waals surface area contributed by atoms with Gasteiger partial charge in [0, 0.05) is 17.4 Å². The summed E-state index contributed by atoms with van der Waals surface area (Å²) in [6, 6.07) is 12.8. The number of aliphatic hydroxyl groups excluding tert-OH is 3. The first kappa shape index (κ1) is 20.0. The summed E-state index contributed by atoms with van der Waals surface area (Å²) >= 11 is 0. The second-order valence-electron chi connectivity index (χ2n) is 9.21. The van der Waals surface area contributed by atoms with Crippen LogP contribution in [-0.4, -0.2) is 46.8 Å². The minimum atomic E-state index is -1.05. The summed E-state index contributed by atoms with van der Waals surface area (Å²) in [6.45, 7) is 2.62. The maximum Gasteiger partial charge on any atom is 0.123 e. The van der Waals surface area contributed by atoms with Crippen LogP contribution in [-0.2, 0) is 16.6 Å². The van der Waals surface area contributed by atoms with E-state index in [4.69, 9.17) is 9.47 Å². The largest absolute Gasteiger partial charge is 0.493 e. The lowest BCUT2D eigenvalue weighted by atomic mass is 9.87. The molecule has 2 heterocycles. The van der Waals surface area contributed by atoms with Crippen LogP contribution in [0.25, 0.3) is 0 Å². The van der Waals surface area contributed by atoms with Gasteiger partial charge in [-0.05, 0) is 60.9 Å². The Morgan fingerprint density at radius 2 is 1.90 bits per heavy atom. The van der Waals surface area contributed by atoms with Gasteiger partial charge in [0.1, 0.15) is 18.0 Å². The van der Waals surface area contributed by atoms with Gasteiger partial charge in [-0.2, -0.15) is 0 Å². The molecule has 3 aliphatic rings. The van der Waals surface area contributed by atoms with Crippen LogP contribution in [0.2, 0.25) is 0 Å². The van der Waals surface area contributed by atoms with Crippen LogP contribution in [0, 0.1) is 6.92 Å². The molecule has 3 N–H and O–H groups in total. The molecule has 0 radical (unpaired) electrons. The Hall–Kier alpha value is -1.92. The molecule has 2 aromatic rings. The topological polar surface area (TPSA) is 79.2 Å². The van der Waals surface area contributed by atoms with Gasteiger partial charge >= 0.3 is 0 Å². The molecule has 5 rings (SSSR count). The fraction of sp³-hybridized carbons (Fsp3) is 0.520. The third-order valence-corrected chi connectivity index (χ3v) is 7.20. The average Bonchev–Trinajstić information content (AvgIpc) is 3.52. The van der Waals surface area contributed by atoms with Crippen molar-refractivity contribution in [1.82, 2.24) is 0 Å². The average molecular weight is 411 g/mol. The molecule has 0 amide bonds. The highest BCUT2D eigenvalue weighted by Gasteiger charge is 2.47. The number of fused-ring (bicyclic) bond motifs is 2. The maximum atomic E-state index is 10.2. The van der Waals surface area contributed by atoms with E-state index in [0.717, 1.165) is 30.8 Å². The molecule has 4 atom stereocenters. The Labute approximate surface area is 177 Å². The van der Waals surface area contributed by atoms with Crippen molar-refractivity contribution in [3.8, 4) is 5.75 Å². The second kappa shape index (κ2) is 7.65. The summed E-state index contributed by atoms with van der Waals surface area (Å²) in [7, 11) is 0. The van der Waals surface area contributed by atoms with Gasteiger partial charge in [0.2, 0.25) is 0 Å². The van der Waals surface area contributed by atoms with E-state index in [1.165, 1.54) is 35.1 Å². The molecular weight excluding hydrogens is 380 g/mol. The number of hydrogen-bond acceptors (Lipinski definition) is 5. The minimum Gasteiger partial charge on any atom is -0.493 e. The number of aliphatic hydroxyl groups is 3. The number of rotatable bonds is 4. The fourth-order valence-corrected chi connectivity index (χ4v) is 5.01. The van der Waals surface area contributed by atoms with Crippen molar-refractivity contribution in [3.63, 3.8) is 0 Å². The molecule has 5 nitrogen and oxygen atoms in total. The zero-order valence-electron chi connectivity index (χ0n) is 17.4. The predicted molar refractivity (Wildman–Crippen MR) is 113 cm³/mol. The highest BCUT2D eigenvalue weighted by Crippen LogP contribution is 2.56. The molecule has 2 fully saturated rings. The molecular formula is C25H30O5. The monoisotopic (exact) mass is 410 g/mol. The summed E-state index contributed by atoms with van der Waals surface area (Å²) in [5.41, 5.74) is 6.41. The summed E-state index contributed by atoms with van der Waals surface area (Å²) in [4.78, 5) is 0. The Morgan fingerprint density at radius 1 is 1.07 bits per heavy atom. The van der Waals surface area contributed by atoms with Crippen LogP contribution in [0.5, 0.6) is 5.75 Å². The molecule has 30 heavy (non-hydrogen) atoms. The number of aryl methyl sites for hydroxylation is 1. The Kier molecular flexibility index (Phi) is 5.10. The predicted octanol–water partition coefficient (Wildman–Crippen LogP) is 2.94. The van der Waals surface area contributed by atoms with Crippen LogP contribution in [0.15, 0.2) is 36.4 Å². The second-order valence-corrected chi connectivity index (χ2v) is 9.21. The van der Waals surface area contributed by atoms with E-state index < -0.39 is 18.3 Å². The molecule has 5 heteroatoms. The molecule has 2 aliphatic heterocycles. The molecule has 4 unspecified atom stereocenters. The Morgan fingerprint density at radius 3 is 2.67 bits per heavy atom. The van der Waals surface area contributed by atoms with E-state index in [-0.39, 0.29) is 12.7 Å². The fourth-order valence-electron chi connectivity index (χ4n) is 5.01. The molecule has 2 aromatic carbocycles. The third-order valence-electron chi connectivity index (χ3n) is 7.20. The first-order valence-electron chi connectivity index (χ1n) is 11.0. The molecule has 1 aliphatic carbocycles. The van der Waals surface area contributed by atoms with Crippen molar-refractivity contribution < 1.29 is 24.8 Å². The van der Waals surface area contributed by atoms with E-state index in [2.05, 4.69) is 37.3 Å². The van der Waals surface area contributed by atoms with Crippen LogP contribution in [0.1, 0.15) is 59.6 Å². The first-order valence-corrected chi connectivity index (χ1v) is 11.0. The number of hydrogen-bond donors (Lipinski definition) is 3. The summed E-state index contributed by atoms with van der Waals surface area (Å²) in [6.07, 6.45) is 1.73. The van der Waals surface area contributed by atoms with Gasteiger partial charge in [0.25, 0.3) is 0 Å². The molecule has 1 spiro atoms. The first-order chi connectivity index (χ1) is 14.5. The van der Waals surface area contributed by atoms with E-state index >= 15 is 0 Å². The SMILES string of the molecule is Cc1ccc(C2CC(O)C(O)C(CO)O2)cc1Cc1ccc2c(c1)C1(CCO2)CC1. The van der Waals surface area contributed by atoms with Gasteiger partial charge < -0.3 is 24.8 Å². The zero-order valence-corrected chi connectivity index (χ0v) is 17.4. The number of benzene rings is 2. The lowest BCUT2D eigenvalue weighted by molar-refractivity contribution is -0.181. The Bertz CT molecular complexity index is 935. The van der Waals surface area contributed by atoms with E-state index in [9.17, 15) is 15.3 Å². The molecule has 1 saturated heterocycles. The van der Waals surface area contributed by atoms with Crippen molar-refractivity contribution in [1.29, 1.82) is 0 Å². The quantitative estimate of drug-likeness (QED) is 0.722. The van der Waals surface area contributed by atoms with E-state index in [1.54, 1.807) is 0 Å². The molecule has 160 valence electrons. The smallest absolute Gasteiger partial charge is 0.123 e. The van der Waals surface area contributed by atoms with Crippen LogP contribution < -0.4 is 4.74 Å². The van der Waals surface area contributed by atoms with Crippen molar-refractivity contribution in [2.45, 2.75) is 68.9 Å². The normalized spacial score (nSPS) is 29.3. The lowest BCUT2D eigenvalue weighted by Crippen LogP contribution is -2.47. The molecule has 1 saturated carbocycles. The van der Waals surface area contributed by atoms with Gasteiger partial charge in [-0.25, -0.2) is 0 Å². The maximum absolute atomic E-state index is 10.2. The number of ether oxygens (including phenoxy) is 2.